The van der Waals surface area contributed by atoms with Crippen LogP contribution < -0.4 is 5.32 Å². The van der Waals surface area contributed by atoms with E-state index in [1.165, 1.54) is 0 Å². The molecule has 0 amide bonds. The Morgan fingerprint density at radius 1 is 1.58 bits per heavy atom. The fraction of sp³-hybridized carbons (Fsp3) is 0.750. The van der Waals surface area contributed by atoms with Gasteiger partial charge in [-0.05, 0) is 14.0 Å². The summed E-state index contributed by atoms with van der Waals surface area (Å²) in [4.78, 5) is 4.20. The van der Waals surface area contributed by atoms with Crippen molar-refractivity contribution in [2.24, 2.45) is 0 Å². The first kappa shape index (κ1) is 9.19. The lowest BCUT2D eigenvalue weighted by Gasteiger charge is -2.04. The molecule has 1 unspecified atom stereocenters. The van der Waals surface area contributed by atoms with Crippen molar-refractivity contribution in [2.75, 3.05) is 7.05 Å². The Bertz CT molecular complexity index is 234. The molecule has 0 aliphatic heterocycles. The number of aromatic nitrogens is 2. The quantitative estimate of drug-likeness (QED) is 0.723. The third kappa shape index (κ3) is 2.30. The second-order valence-corrected chi connectivity index (χ2v) is 2.85. The summed E-state index contributed by atoms with van der Waals surface area (Å²) in [5, 5.41) is 6.97. The molecule has 0 aliphatic carbocycles. The minimum absolute atomic E-state index is 0.396. The van der Waals surface area contributed by atoms with Gasteiger partial charge in [0.05, 0.1) is 0 Å². The van der Waals surface area contributed by atoms with Gasteiger partial charge >= 0.3 is 0 Å². The van der Waals surface area contributed by atoms with Gasteiger partial charge in [-0.1, -0.05) is 12.1 Å². The van der Waals surface area contributed by atoms with E-state index in [2.05, 4.69) is 22.4 Å². The second-order valence-electron chi connectivity index (χ2n) is 2.85. The second kappa shape index (κ2) is 4.21. The summed E-state index contributed by atoms with van der Waals surface area (Å²) >= 11 is 0. The van der Waals surface area contributed by atoms with Crippen molar-refractivity contribution in [1.82, 2.24) is 15.5 Å². The van der Waals surface area contributed by atoms with Gasteiger partial charge in [-0.3, -0.25) is 0 Å². The monoisotopic (exact) mass is 169 g/mol. The molecule has 1 N–H and O–H groups in total. The van der Waals surface area contributed by atoms with E-state index >= 15 is 0 Å². The van der Waals surface area contributed by atoms with Crippen molar-refractivity contribution in [3.05, 3.63) is 11.7 Å². The van der Waals surface area contributed by atoms with E-state index < -0.39 is 0 Å². The molecular weight excluding hydrogens is 154 g/mol. The molecule has 1 aromatic heterocycles. The maximum Gasteiger partial charge on any atom is 0.226 e. The van der Waals surface area contributed by atoms with Crippen LogP contribution in [0.4, 0.5) is 0 Å². The average molecular weight is 169 g/mol. The highest BCUT2D eigenvalue weighted by Crippen LogP contribution is 2.00. The van der Waals surface area contributed by atoms with Gasteiger partial charge < -0.3 is 9.84 Å². The molecule has 1 rings (SSSR count). The van der Waals surface area contributed by atoms with E-state index in [4.69, 9.17) is 4.52 Å². The smallest absolute Gasteiger partial charge is 0.226 e. The molecule has 1 heterocycles. The summed E-state index contributed by atoms with van der Waals surface area (Å²) in [5.74, 6) is 1.50. The largest absolute Gasteiger partial charge is 0.339 e. The van der Waals surface area contributed by atoms with Crippen molar-refractivity contribution in [3.63, 3.8) is 0 Å². The number of likely N-dealkylation sites (N-methyl/N-ethyl adjacent to an activating group) is 1. The topological polar surface area (TPSA) is 51.0 Å². The third-order valence-electron chi connectivity index (χ3n) is 1.79. The first-order valence-corrected chi connectivity index (χ1v) is 4.25. The zero-order valence-corrected chi connectivity index (χ0v) is 7.79. The third-order valence-corrected chi connectivity index (χ3v) is 1.79. The van der Waals surface area contributed by atoms with Crippen molar-refractivity contribution in [3.8, 4) is 0 Å². The molecule has 12 heavy (non-hydrogen) atoms. The lowest BCUT2D eigenvalue weighted by Crippen LogP contribution is -2.24. The normalized spacial score (nSPS) is 13.2. The van der Waals surface area contributed by atoms with Crippen molar-refractivity contribution < 1.29 is 4.52 Å². The van der Waals surface area contributed by atoms with Gasteiger partial charge in [0.1, 0.15) is 0 Å². The van der Waals surface area contributed by atoms with Gasteiger partial charge in [0.25, 0.3) is 0 Å². The molecule has 0 bridgehead atoms. The van der Waals surface area contributed by atoms with Crippen LogP contribution in [0, 0.1) is 0 Å². The molecule has 0 aliphatic rings. The summed E-state index contributed by atoms with van der Waals surface area (Å²) < 4.78 is 4.97. The van der Waals surface area contributed by atoms with Gasteiger partial charge in [-0.15, -0.1) is 0 Å². The lowest BCUT2D eigenvalue weighted by molar-refractivity contribution is 0.374. The molecule has 0 saturated carbocycles. The first-order valence-electron chi connectivity index (χ1n) is 4.25. The zero-order chi connectivity index (χ0) is 8.97. The molecule has 0 radical (unpaired) electrons. The van der Waals surface area contributed by atoms with Crippen molar-refractivity contribution in [1.29, 1.82) is 0 Å². The number of rotatable bonds is 4. The van der Waals surface area contributed by atoms with Crippen LogP contribution in [0.15, 0.2) is 4.52 Å². The summed E-state index contributed by atoms with van der Waals surface area (Å²) in [5.41, 5.74) is 0. The zero-order valence-electron chi connectivity index (χ0n) is 7.79. The molecule has 0 saturated heterocycles. The van der Waals surface area contributed by atoms with Crippen LogP contribution in [0.25, 0.3) is 0 Å². The van der Waals surface area contributed by atoms with Crippen LogP contribution in [0.5, 0.6) is 0 Å². The predicted octanol–water partition coefficient (Wildman–Crippen LogP) is 0.782. The predicted molar refractivity (Wildman–Crippen MR) is 45.9 cm³/mol. The van der Waals surface area contributed by atoms with Crippen LogP contribution in [-0.2, 0) is 12.8 Å². The SMILES string of the molecule is CCc1nc(CC(C)NC)no1. The number of nitrogens with one attached hydrogen (secondary N) is 1. The van der Waals surface area contributed by atoms with Crippen LogP contribution in [0.3, 0.4) is 0 Å². The minimum Gasteiger partial charge on any atom is -0.339 e. The van der Waals surface area contributed by atoms with Gasteiger partial charge in [0, 0.05) is 18.9 Å². The summed E-state index contributed by atoms with van der Waals surface area (Å²) in [6, 6.07) is 0.396. The first-order chi connectivity index (χ1) is 5.76. The standard InChI is InChI=1S/C8H15N3O/c1-4-8-10-7(11-12-8)5-6(2)9-3/h6,9H,4-5H2,1-3H3. The maximum absolute atomic E-state index is 4.97. The van der Waals surface area contributed by atoms with Crippen LogP contribution >= 0.6 is 0 Å². The van der Waals surface area contributed by atoms with E-state index in [-0.39, 0.29) is 0 Å². The van der Waals surface area contributed by atoms with E-state index in [0.717, 1.165) is 18.7 Å². The average Bonchev–Trinajstić information content (AvgIpc) is 2.52. The summed E-state index contributed by atoms with van der Waals surface area (Å²) in [7, 11) is 1.92. The van der Waals surface area contributed by atoms with Gasteiger partial charge in [-0.25, -0.2) is 0 Å². The van der Waals surface area contributed by atoms with Crippen LogP contribution in [0.1, 0.15) is 25.6 Å². The Balaban J connectivity index is 2.52. The Hall–Kier alpha value is -0.900. The summed E-state index contributed by atoms with van der Waals surface area (Å²) in [6.07, 6.45) is 1.63. The van der Waals surface area contributed by atoms with E-state index in [9.17, 15) is 0 Å². The Labute approximate surface area is 72.4 Å². The van der Waals surface area contributed by atoms with Gasteiger partial charge in [0.15, 0.2) is 5.82 Å². The lowest BCUT2D eigenvalue weighted by atomic mass is 10.2. The van der Waals surface area contributed by atoms with Crippen molar-refractivity contribution >= 4 is 0 Å². The van der Waals surface area contributed by atoms with E-state index in [1.807, 2.05) is 14.0 Å². The maximum atomic E-state index is 4.97. The molecule has 4 heteroatoms. The number of aryl methyl sites for hydroxylation is 1. The number of nitrogens with zero attached hydrogens (tertiary/aromatic N) is 2. The molecule has 1 aromatic rings. The van der Waals surface area contributed by atoms with Crippen molar-refractivity contribution in [2.45, 2.75) is 32.7 Å². The summed E-state index contributed by atoms with van der Waals surface area (Å²) in [6.45, 7) is 4.08. The molecular formula is C8H15N3O. The number of hydrogen-bond donors (Lipinski definition) is 1. The molecule has 4 nitrogen and oxygen atoms in total. The Kier molecular flexibility index (Phi) is 3.22. The highest BCUT2D eigenvalue weighted by Gasteiger charge is 2.07. The number of hydrogen-bond acceptors (Lipinski definition) is 4. The van der Waals surface area contributed by atoms with Crippen LogP contribution in [-0.4, -0.2) is 23.2 Å². The molecule has 0 spiro atoms. The molecule has 0 aromatic carbocycles. The van der Waals surface area contributed by atoms with Gasteiger partial charge in [0.2, 0.25) is 5.89 Å². The minimum atomic E-state index is 0.396. The molecule has 0 fully saturated rings. The van der Waals surface area contributed by atoms with Crippen LogP contribution in [0.2, 0.25) is 0 Å². The molecule has 68 valence electrons. The van der Waals surface area contributed by atoms with Gasteiger partial charge in [-0.2, -0.15) is 4.98 Å². The fourth-order valence-electron chi connectivity index (χ4n) is 0.893. The van der Waals surface area contributed by atoms with E-state index in [1.54, 1.807) is 0 Å². The molecule has 1 atom stereocenters. The Morgan fingerprint density at radius 3 is 2.83 bits per heavy atom. The van der Waals surface area contributed by atoms with E-state index in [0.29, 0.717) is 11.9 Å². The Morgan fingerprint density at radius 2 is 2.33 bits per heavy atom. The fourth-order valence-corrected chi connectivity index (χ4v) is 0.893. The highest BCUT2D eigenvalue weighted by atomic mass is 16.5. The highest BCUT2D eigenvalue weighted by molar-refractivity contribution is 4.88.